The van der Waals surface area contributed by atoms with Gasteiger partial charge >= 0.3 is 0 Å². The average molecular weight is 212 g/mol. The molecule has 2 nitrogen and oxygen atoms in total. The fraction of sp³-hybridized carbons (Fsp3) is 0.143. The predicted molar refractivity (Wildman–Crippen MR) is 70.5 cm³/mol. The second-order valence-corrected chi connectivity index (χ2v) is 3.77. The van der Waals surface area contributed by atoms with E-state index in [0.717, 1.165) is 17.1 Å². The van der Waals surface area contributed by atoms with E-state index in [2.05, 4.69) is 41.8 Å². The molecular weight excluding hydrogens is 196 g/mol. The third kappa shape index (κ3) is 2.34. The molecule has 0 aromatic heterocycles. The van der Waals surface area contributed by atoms with Crippen LogP contribution < -0.4 is 10.6 Å². The number of anilines is 3. The molecule has 0 saturated carbocycles. The first-order valence-corrected chi connectivity index (χ1v) is 5.40. The van der Waals surface area contributed by atoms with E-state index in [1.807, 2.05) is 31.3 Å². The van der Waals surface area contributed by atoms with Crippen LogP contribution in [-0.4, -0.2) is 7.05 Å². The maximum Gasteiger partial charge on any atom is 0.0413 e. The van der Waals surface area contributed by atoms with E-state index in [9.17, 15) is 0 Å². The molecule has 0 heterocycles. The number of rotatable bonds is 3. The number of nitrogens with one attached hydrogen (secondary N) is 2. The molecule has 2 aromatic carbocycles. The summed E-state index contributed by atoms with van der Waals surface area (Å²) in [5.41, 5.74) is 4.60. The van der Waals surface area contributed by atoms with E-state index < -0.39 is 0 Å². The smallest absolute Gasteiger partial charge is 0.0413 e. The summed E-state index contributed by atoms with van der Waals surface area (Å²) in [5, 5.41) is 6.53. The molecule has 0 fully saturated rings. The maximum absolute atomic E-state index is 3.41. The summed E-state index contributed by atoms with van der Waals surface area (Å²) < 4.78 is 0. The van der Waals surface area contributed by atoms with Crippen LogP contribution >= 0.6 is 0 Å². The van der Waals surface area contributed by atoms with Gasteiger partial charge in [0, 0.05) is 24.1 Å². The molecule has 2 N–H and O–H groups in total. The van der Waals surface area contributed by atoms with Gasteiger partial charge in [0.15, 0.2) is 0 Å². The van der Waals surface area contributed by atoms with E-state index in [1.54, 1.807) is 0 Å². The second-order valence-electron chi connectivity index (χ2n) is 3.77. The highest BCUT2D eigenvalue weighted by atomic mass is 14.9. The summed E-state index contributed by atoms with van der Waals surface area (Å²) in [5.74, 6) is 0. The quantitative estimate of drug-likeness (QED) is 0.809. The Morgan fingerprint density at radius 1 is 0.875 bits per heavy atom. The standard InChI is InChI=1S/C14H16N2/c1-11-6-3-4-9-14(11)16-13-8-5-7-12(10-13)15-2/h3-10,15-16H,1-2H3. The van der Waals surface area contributed by atoms with Crippen LogP contribution in [-0.2, 0) is 0 Å². The number of aryl methyl sites for hydroxylation is 1. The molecule has 0 aliphatic rings. The monoisotopic (exact) mass is 212 g/mol. The van der Waals surface area contributed by atoms with Crippen molar-refractivity contribution in [2.75, 3.05) is 17.7 Å². The maximum atomic E-state index is 3.41. The molecule has 16 heavy (non-hydrogen) atoms. The van der Waals surface area contributed by atoms with E-state index >= 15 is 0 Å². The highest BCUT2D eigenvalue weighted by Crippen LogP contribution is 2.22. The van der Waals surface area contributed by atoms with Crippen molar-refractivity contribution in [1.29, 1.82) is 0 Å². The SMILES string of the molecule is CNc1cccc(Nc2ccccc2C)c1. The molecule has 0 saturated heterocycles. The number of benzene rings is 2. The molecule has 0 radical (unpaired) electrons. The minimum atomic E-state index is 1.10. The van der Waals surface area contributed by atoms with E-state index in [1.165, 1.54) is 5.56 Å². The van der Waals surface area contributed by atoms with Gasteiger partial charge in [-0.1, -0.05) is 24.3 Å². The molecule has 0 unspecified atom stereocenters. The first-order chi connectivity index (χ1) is 7.79. The van der Waals surface area contributed by atoms with Gasteiger partial charge in [-0.05, 0) is 36.8 Å². The third-order valence-corrected chi connectivity index (χ3v) is 2.58. The van der Waals surface area contributed by atoms with Crippen molar-refractivity contribution in [2.45, 2.75) is 6.92 Å². The molecule has 0 aliphatic heterocycles. The van der Waals surface area contributed by atoms with Gasteiger partial charge in [0.1, 0.15) is 0 Å². The lowest BCUT2D eigenvalue weighted by Gasteiger charge is -2.10. The van der Waals surface area contributed by atoms with Crippen LogP contribution in [0.3, 0.4) is 0 Å². The van der Waals surface area contributed by atoms with Gasteiger partial charge in [0.2, 0.25) is 0 Å². The normalized spacial score (nSPS) is 9.88. The Morgan fingerprint density at radius 2 is 1.62 bits per heavy atom. The first-order valence-electron chi connectivity index (χ1n) is 5.40. The Morgan fingerprint density at radius 3 is 2.38 bits per heavy atom. The fourth-order valence-electron chi connectivity index (χ4n) is 1.62. The lowest BCUT2D eigenvalue weighted by molar-refractivity contribution is 1.42. The van der Waals surface area contributed by atoms with E-state index in [0.29, 0.717) is 0 Å². The summed E-state index contributed by atoms with van der Waals surface area (Å²) in [6.07, 6.45) is 0. The predicted octanol–water partition coefficient (Wildman–Crippen LogP) is 3.78. The van der Waals surface area contributed by atoms with Gasteiger partial charge in [-0.2, -0.15) is 0 Å². The van der Waals surface area contributed by atoms with E-state index in [-0.39, 0.29) is 0 Å². The number of hydrogen-bond donors (Lipinski definition) is 2. The first kappa shape index (κ1) is 10.6. The summed E-state index contributed by atoms with van der Waals surface area (Å²) in [6, 6.07) is 16.5. The highest BCUT2D eigenvalue weighted by molar-refractivity contribution is 5.66. The second kappa shape index (κ2) is 4.71. The van der Waals surface area contributed by atoms with Crippen molar-refractivity contribution in [2.24, 2.45) is 0 Å². The summed E-state index contributed by atoms with van der Waals surface area (Å²) in [7, 11) is 1.92. The minimum absolute atomic E-state index is 1.10. The van der Waals surface area contributed by atoms with Crippen molar-refractivity contribution >= 4 is 17.1 Å². The van der Waals surface area contributed by atoms with Crippen LogP contribution in [0.5, 0.6) is 0 Å². The summed E-state index contributed by atoms with van der Waals surface area (Å²) >= 11 is 0. The lowest BCUT2D eigenvalue weighted by Crippen LogP contribution is -1.94. The molecule has 82 valence electrons. The zero-order valence-corrected chi connectivity index (χ0v) is 9.62. The van der Waals surface area contributed by atoms with Crippen molar-refractivity contribution in [3.8, 4) is 0 Å². The van der Waals surface area contributed by atoms with Gasteiger partial charge in [0.25, 0.3) is 0 Å². The summed E-state index contributed by atoms with van der Waals surface area (Å²) in [6.45, 7) is 2.10. The Hall–Kier alpha value is -1.96. The Kier molecular flexibility index (Phi) is 3.10. The fourth-order valence-corrected chi connectivity index (χ4v) is 1.62. The minimum Gasteiger partial charge on any atom is -0.388 e. The molecule has 0 bridgehead atoms. The Balaban J connectivity index is 2.24. The third-order valence-electron chi connectivity index (χ3n) is 2.58. The zero-order chi connectivity index (χ0) is 11.4. The van der Waals surface area contributed by atoms with Crippen LogP contribution in [0, 0.1) is 6.92 Å². The average Bonchev–Trinajstić information content (AvgIpc) is 2.32. The van der Waals surface area contributed by atoms with Gasteiger partial charge in [0.05, 0.1) is 0 Å². The van der Waals surface area contributed by atoms with Crippen LogP contribution in [0.4, 0.5) is 17.1 Å². The van der Waals surface area contributed by atoms with Crippen molar-refractivity contribution < 1.29 is 0 Å². The van der Waals surface area contributed by atoms with Crippen LogP contribution in [0.1, 0.15) is 5.56 Å². The van der Waals surface area contributed by atoms with Gasteiger partial charge in [-0.15, -0.1) is 0 Å². The zero-order valence-electron chi connectivity index (χ0n) is 9.62. The van der Waals surface area contributed by atoms with E-state index in [4.69, 9.17) is 0 Å². The Labute approximate surface area is 96.3 Å². The number of hydrogen-bond acceptors (Lipinski definition) is 2. The van der Waals surface area contributed by atoms with Crippen molar-refractivity contribution in [3.63, 3.8) is 0 Å². The van der Waals surface area contributed by atoms with Gasteiger partial charge < -0.3 is 10.6 Å². The molecule has 2 heteroatoms. The molecule has 0 atom stereocenters. The molecule has 0 amide bonds. The van der Waals surface area contributed by atoms with Crippen molar-refractivity contribution in [1.82, 2.24) is 0 Å². The van der Waals surface area contributed by atoms with Gasteiger partial charge in [-0.3, -0.25) is 0 Å². The van der Waals surface area contributed by atoms with Crippen LogP contribution in [0.25, 0.3) is 0 Å². The molecule has 0 aliphatic carbocycles. The molecule has 0 spiro atoms. The van der Waals surface area contributed by atoms with Gasteiger partial charge in [-0.25, -0.2) is 0 Å². The van der Waals surface area contributed by atoms with Crippen molar-refractivity contribution in [3.05, 3.63) is 54.1 Å². The van der Waals surface area contributed by atoms with Crippen LogP contribution in [0.2, 0.25) is 0 Å². The highest BCUT2D eigenvalue weighted by Gasteiger charge is 1.98. The molecule has 2 aromatic rings. The lowest BCUT2D eigenvalue weighted by atomic mass is 10.2. The Bertz CT molecular complexity index is 478. The number of para-hydroxylation sites is 1. The molecular formula is C14H16N2. The summed E-state index contributed by atoms with van der Waals surface area (Å²) in [4.78, 5) is 0. The van der Waals surface area contributed by atoms with Crippen LogP contribution in [0.15, 0.2) is 48.5 Å². The topological polar surface area (TPSA) is 24.1 Å². The largest absolute Gasteiger partial charge is 0.388 e. The molecule has 2 rings (SSSR count).